The molecule has 0 aliphatic heterocycles. The molecule has 2 aromatic carbocycles. The van der Waals surface area contributed by atoms with Crippen LogP contribution in [0.4, 0.5) is 26.3 Å². The van der Waals surface area contributed by atoms with E-state index in [1.54, 1.807) is 0 Å². The topological polar surface area (TPSA) is 69.0 Å². The van der Waals surface area contributed by atoms with Crippen molar-refractivity contribution in [3.63, 3.8) is 0 Å². The molecule has 0 saturated carbocycles. The molecule has 1 aromatic heterocycles. The summed E-state index contributed by atoms with van der Waals surface area (Å²) in [5.74, 6) is -2.30. The Labute approximate surface area is 165 Å². The number of alkyl halides is 5. The van der Waals surface area contributed by atoms with Crippen LogP contribution in [0.5, 0.6) is 5.75 Å². The first-order valence-electron chi connectivity index (χ1n) is 8.26. The van der Waals surface area contributed by atoms with Crippen molar-refractivity contribution in [3.05, 3.63) is 71.3 Å². The second kappa shape index (κ2) is 8.43. The van der Waals surface area contributed by atoms with Crippen LogP contribution in [0.2, 0.25) is 0 Å². The Morgan fingerprint density at radius 1 is 1.13 bits per heavy atom. The number of carbonyl (C=O) groups excluding carboxylic acids is 1. The zero-order valence-corrected chi connectivity index (χ0v) is 14.8. The predicted molar refractivity (Wildman–Crippen MR) is 90.6 cm³/mol. The van der Waals surface area contributed by atoms with E-state index in [-0.39, 0.29) is 17.0 Å². The maximum Gasteiger partial charge on any atom is 0.435 e. The molecule has 3 rings (SSSR count). The first-order chi connectivity index (χ1) is 14.2. The first kappa shape index (κ1) is 21.1. The standard InChI is InChI=1S/C18H12F6N4O2/c19-11-5-3-6-12(8-11)28-15(18(22,23)24)14(26-27-28)16(29)25-9-10-4-1-2-7-13(10)30-17(20)21/h1-8,17H,9H2,(H,25,29). The largest absolute Gasteiger partial charge is 0.435 e. The fraction of sp³-hybridized carbons (Fsp3) is 0.167. The van der Waals surface area contributed by atoms with Crippen molar-refractivity contribution in [2.45, 2.75) is 19.3 Å². The summed E-state index contributed by atoms with van der Waals surface area (Å²) < 4.78 is 83.7. The second-order valence-corrected chi connectivity index (χ2v) is 5.84. The van der Waals surface area contributed by atoms with Gasteiger partial charge in [0.25, 0.3) is 5.91 Å². The van der Waals surface area contributed by atoms with Crippen LogP contribution in [-0.4, -0.2) is 27.5 Å². The van der Waals surface area contributed by atoms with Gasteiger partial charge >= 0.3 is 12.8 Å². The lowest BCUT2D eigenvalue weighted by molar-refractivity contribution is -0.143. The van der Waals surface area contributed by atoms with E-state index < -0.39 is 42.4 Å². The third kappa shape index (κ3) is 4.70. The second-order valence-electron chi connectivity index (χ2n) is 5.84. The summed E-state index contributed by atoms with van der Waals surface area (Å²) in [4.78, 5) is 12.3. The zero-order valence-electron chi connectivity index (χ0n) is 14.8. The van der Waals surface area contributed by atoms with Gasteiger partial charge in [0, 0.05) is 12.1 Å². The Bertz CT molecular complexity index is 1050. The van der Waals surface area contributed by atoms with Crippen LogP contribution in [0.1, 0.15) is 21.7 Å². The minimum Gasteiger partial charge on any atom is -0.434 e. The van der Waals surface area contributed by atoms with E-state index in [4.69, 9.17) is 0 Å². The summed E-state index contributed by atoms with van der Waals surface area (Å²) in [6.07, 6.45) is -5.04. The molecule has 0 atom stereocenters. The van der Waals surface area contributed by atoms with Crippen molar-refractivity contribution in [2.75, 3.05) is 0 Å². The predicted octanol–water partition coefficient (Wildman–Crippen LogP) is 3.96. The van der Waals surface area contributed by atoms with Gasteiger partial charge in [0.2, 0.25) is 0 Å². The molecule has 12 heteroatoms. The summed E-state index contributed by atoms with van der Waals surface area (Å²) >= 11 is 0. The van der Waals surface area contributed by atoms with Crippen molar-refractivity contribution in [1.82, 2.24) is 20.3 Å². The SMILES string of the molecule is O=C(NCc1ccccc1OC(F)F)c1nnn(-c2cccc(F)c2)c1C(F)(F)F. The smallest absolute Gasteiger partial charge is 0.434 e. The lowest BCUT2D eigenvalue weighted by Crippen LogP contribution is -2.27. The fourth-order valence-corrected chi connectivity index (χ4v) is 2.60. The van der Waals surface area contributed by atoms with E-state index in [1.165, 1.54) is 30.3 Å². The maximum atomic E-state index is 13.6. The van der Waals surface area contributed by atoms with Gasteiger partial charge in [-0.25, -0.2) is 9.07 Å². The Balaban J connectivity index is 1.89. The molecule has 0 saturated heterocycles. The lowest BCUT2D eigenvalue weighted by Gasteiger charge is -2.13. The molecule has 0 aliphatic carbocycles. The highest BCUT2D eigenvalue weighted by Gasteiger charge is 2.42. The minimum absolute atomic E-state index is 0.109. The molecule has 158 valence electrons. The van der Waals surface area contributed by atoms with Gasteiger partial charge in [0.05, 0.1) is 5.69 Å². The Kier molecular flexibility index (Phi) is 5.94. The zero-order chi connectivity index (χ0) is 21.9. The van der Waals surface area contributed by atoms with E-state index in [0.29, 0.717) is 4.68 Å². The Morgan fingerprint density at radius 2 is 1.87 bits per heavy atom. The fourth-order valence-electron chi connectivity index (χ4n) is 2.60. The van der Waals surface area contributed by atoms with Gasteiger partial charge in [0.15, 0.2) is 11.4 Å². The average molecular weight is 430 g/mol. The normalized spacial score (nSPS) is 11.6. The average Bonchev–Trinajstić information content (AvgIpc) is 3.12. The number of carbonyl (C=O) groups is 1. The molecule has 6 nitrogen and oxygen atoms in total. The number of rotatable bonds is 6. The van der Waals surface area contributed by atoms with Gasteiger partial charge in [-0.05, 0) is 24.3 Å². The monoisotopic (exact) mass is 430 g/mol. The molecule has 1 heterocycles. The van der Waals surface area contributed by atoms with Crippen molar-refractivity contribution in [1.29, 1.82) is 0 Å². The molecule has 30 heavy (non-hydrogen) atoms. The Hall–Kier alpha value is -3.57. The van der Waals surface area contributed by atoms with Gasteiger partial charge in [0.1, 0.15) is 11.6 Å². The first-order valence-corrected chi connectivity index (χ1v) is 8.26. The molecular weight excluding hydrogens is 418 g/mol. The van der Waals surface area contributed by atoms with Crippen LogP contribution in [0.3, 0.4) is 0 Å². The van der Waals surface area contributed by atoms with Gasteiger partial charge in [-0.1, -0.05) is 29.5 Å². The number of amides is 1. The number of hydrogen-bond donors (Lipinski definition) is 1. The van der Waals surface area contributed by atoms with E-state index in [2.05, 4.69) is 20.4 Å². The van der Waals surface area contributed by atoms with Crippen molar-refractivity contribution in [2.24, 2.45) is 0 Å². The van der Waals surface area contributed by atoms with Crippen molar-refractivity contribution in [3.8, 4) is 11.4 Å². The quantitative estimate of drug-likeness (QED) is 0.602. The van der Waals surface area contributed by atoms with E-state index in [1.807, 2.05) is 0 Å². The molecule has 0 fully saturated rings. The highest BCUT2D eigenvalue weighted by atomic mass is 19.4. The number of nitrogens with one attached hydrogen (secondary N) is 1. The van der Waals surface area contributed by atoms with E-state index >= 15 is 0 Å². The minimum atomic E-state index is -5.04. The summed E-state index contributed by atoms with van der Waals surface area (Å²) in [5, 5.41) is 8.76. The molecule has 0 aliphatic rings. The van der Waals surface area contributed by atoms with Crippen LogP contribution in [0.15, 0.2) is 48.5 Å². The summed E-state index contributed by atoms with van der Waals surface area (Å²) in [6.45, 7) is -3.53. The maximum absolute atomic E-state index is 13.6. The molecule has 1 amide bonds. The number of hydrogen-bond acceptors (Lipinski definition) is 4. The molecule has 0 spiro atoms. The summed E-state index contributed by atoms with van der Waals surface area (Å²) in [5.41, 5.74) is -2.75. The van der Waals surface area contributed by atoms with E-state index in [0.717, 1.165) is 18.2 Å². The third-order valence-electron chi connectivity index (χ3n) is 3.83. The number of ether oxygens (including phenoxy) is 1. The molecule has 0 bridgehead atoms. The van der Waals surface area contributed by atoms with Crippen molar-refractivity contribution >= 4 is 5.91 Å². The molecule has 3 aromatic rings. The molecule has 0 unspecified atom stereocenters. The van der Waals surface area contributed by atoms with Crippen LogP contribution >= 0.6 is 0 Å². The van der Waals surface area contributed by atoms with Crippen LogP contribution in [0, 0.1) is 5.82 Å². The number of halogens is 6. The van der Waals surface area contributed by atoms with Gasteiger partial charge < -0.3 is 10.1 Å². The number of para-hydroxylation sites is 1. The van der Waals surface area contributed by atoms with Crippen LogP contribution in [-0.2, 0) is 12.7 Å². The molecule has 0 radical (unpaired) electrons. The summed E-state index contributed by atoms with van der Waals surface area (Å²) in [7, 11) is 0. The van der Waals surface area contributed by atoms with Gasteiger partial charge in [-0.15, -0.1) is 5.10 Å². The highest BCUT2D eigenvalue weighted by Crippen LogP contribution is 2.33. The van der Waals surface area contributed by atoms with Gasteiger partial charge in [-0.3, -0.25) is 4.79 Å². The number of nitrogens with zero attached hydrogens (tertiary/aromatic N) is 3. The third-order valence-corrected chi connectivity index (χ3v) is 3.83. The van der Waals surface area contributed by atoms with Gasteiger partial charge in [-0.2, -0.15) is 22.0 Å². The summed E-state index contributed by atoms with van der Waals surface area (Å²) in [6, 6.07) is 9.61. The number of benzene rings is 2. The lowest BCUT2D eigenvalue weighted by atomic mass is 10.2. The van der Waals surface area contributed by atoms with E-state index in [9.17, 15) is 31.1 Å². The molecule has 1 N–H and O–H groups in total. The molecular formula is C18H12F6N4O2. The van der Waals surface area contributed by atoms with Crippen LogP contribution < -0.4 is 10.1 Å². The highest BCUT2D eigenvalue weighted by molar-refractivity contribution is 5.93. The Morgan fingerprint density at radius 3 is 2.53 bits per heavy atom. The van der Waals surface area contributed by atoms with Crippen LogP contribution in [0.25, 0.3) is 5.69 Å². The van der Waals surface area contributed by atoms with Crippen molar-refractivity contribution < 1.29 is 35.9 Å². The number of aromatic nitrogens is 3.